The number of ketones is 1. The molecule has 0 N–H and O–H groups in total. The maximum absolute atomic E-state index is 13.9. The highest BCUT2D eigenvalue weighted by molar-refractivity contribution is 8.10. The Kier molecular flexibility index (Phi) is 2.49. The highest BCUT2D eigenvalue weighted by Gasteiger charge is 2.89. The number of carbonyl (C=O) groups is 1. The SMILES string of the molecule is CC1(C)[C@@H]2CC[C@@]1(C)C(=O)[C@]21SC12c1ccccc1Oc1ccccc12. The molecule has 2 aliphatic carbocycles. The molecule has 0 unspecified atom stereocenters. The molecule has 26 heavy (non-hydrogen) atoms. The molecule has 6 rings (SSSR count). The van der Waals surface area contributed by atoms with Crippen LogP contribution in [-0.2, 0) is 9.54 Å². The molecule has 2 heterocycles. The summed E-state index contributed by atoms with van der Waals surface area (Å²) in [5.74, 6) is 2.71. The van der Waals surface area contributed by atoms with Gasteiger partial charge in [0, 0.05) is 16.5 Å². The zero-order chi connectivity index (χ0) is 17.9. The maximum Gasteiger partial charge on any atom is 0.157 e. The summed E-state index contributed by atoms with van der Waals surface area (Å²) in [6.45, 7) is 6.86. The largest absolute Gasteiger partial charge is 0.457 e. The summed E-state index contributed by atoms with van der Waals surface area (Å²) in [4.78, 5) is 13.9. The van der Waals surface area contributed by atoms with Gasteiger partial charge in [-0.1, -0.05) is 57.2 Å². The van der Waals surface area contributed by atoms with Gasteiger partial charge in [-0.25, -0.2) is 0 Å². The number of hydrogen-bond donors (Lipinski definition) is 0. The van der Waals surface area contributed by atoms with E-state index in [4.69, 9.17) is 4.74 Å². The van der Waals surface area contributed by atoms with Gasteiger partial charge < -0.3 is 4.74 Å². The number of para-hydroxylation sites is 2. The molecule has 2 nitrogen and oxygen atoms in total. The molecule has 0 aromatic heterocycles. The first-order valence-corrected chi connectivity index (χ1v) is 10.3. The lowest BCUT2D eigenvalue weighted by molar-refractivity contribution is -0.129. The molecule has 3 fully saturated rings. The van der Waals surface area contributed by atoms with E-state index in [1.165, 1.54) is 11.1 Å². The fraction of sp³-hybridized carbons (Fsp3) is 0.435. The van der Waals surface area contributed by atoms with Crippen LogP contribution in [0.25, 0.3) is 0 Å². The second-order valence-electron chi connectivity index (χ2n) is 9.09. The summed E-state index contributed by atoms with van der Waals surface area (Å²) in [5.41, 5.74) is 2.20. The molecule has 2 aliphatic heterocycles. The highest BCUT2D eigenvalue weighted by Crippen LogP contribution is 2.88. The van der Waals surface area contributed by atoms with Gasteiger partial charge in [0.15, 0.2) is 5.78 Å². The molecule has 3 atom stereocenters. The average Bonchev–Trinajstić information content (AvgIpc) is 3.20. The maximum atomic E-state index is 13.9. The third-order valence-electron chi connectivity index (χ3n) is 8.10. The number of Topliss-reactive ketones (excluding diaryl/α,β-unsaturated/α-hetero) is 1. The van der Waals surface area contributed by atoms with Gasteiger partial charge in [-0.2, -0.15) is 0 Å². The molecule has 132 valence electrons. The molecule has 2 bridgehead atoms. The number of ether oxygens (including phenoxy) is 1. The molecule has 0 amide bonds. The third kappa shape index (κ3) is 1.29. The first kappa shape index (κ1) is 15.3. The molecule has 1 saturated heterocycles. The molecule has 0 radical (unpaired) electrons. The smallest absolute Gasteiger partial charge is 0.157 e. The Morgan fingerprint density at radius 2 is 1.54 bits per heavy atom. The zero-order valence-corrected chi connectivity index (χ0v) is 16.2. The van der Waals surface area contributed by atoms with E-state index in [9.17, 15) is 4.79 Å². The van der Waals surface area contributed by atoms with E-state index in [0.717, 1.165) is 24.3 Å². The number of hydrogen-bond acceptors (Lipinski definition) is 3. The van der Waals surface area contributed by atoms with Crippen molar-refractivity contribution in [1.82, 2.24) is 0 Å². The molecular weight excluding hydrogens is 340 g/mol. The van der Waals surface area contributed by atoms with E-state index >= 15 is 0 Å². The molecule has 2 aromatic carbocycles. The number of fused-ring (bicyclic) bond motifs is 8. The van der Waals surface area contributed by atoms with E-state index in [2.05, 4.69) is 45.0 Å². The van der Waals surface area contributed by atoms with Crippen LogP contribution in [0.1, 0.15) is 44.7 Å². The first-order chi connectivity index (χ1) is 12.4. The van der Waals surface area contributed by atoms with Gasteiger partial charge in [0.1, 0.15) is 16.2 Å². The normalized spacial score (nSPS) is 36.7. The minimum Gasteiger partial charge on any atom is -0.457 e. The number of thioether (sulfide) groups is 1. The Balaban J connectivity index is 1.66. The van der Waals surface area contributed by atoms with Crippen molar-refractivity contribution in [2.75, 3.05) is 0 Å². The first-order valence-electron chi connectivity index (χ1n) is 9.51. The monoisotopic (exact) mass is 362 g/mol. The van der Waals surface area contributed by atoms with Gasteiger partial charge in [-0.05, 0) is 36.3 Å². The van der Waals surface area contributed by atoms with Crippen LogP contribution < -0.4 is 4.74 Å². The van der Waals surface area contributed by atoms with Crippen LogP contribution in [0.5, 0.6) is 11.5 Å². The third-order valence-corrected chi connectivity index (χ3v) is 10.1. The van der Waals surface area contributed by atoms with Crippen molar-refractivity contribution in [3.05, 3.63) is 59.7 Å². The summed E-state index contributed by atoms with van der Waals surface area (Å²) in [5, 5.41) is 0. The lowest BCUT2D eigenvalue weighted by Crippen LogP contribution is -2.42. The van der Waals surface area contributed by atoms with Gasteiger partial charge in [0.05, 0.1) is 4.75 Å². The summed E-state index contributed by atoms with van der Waals surface area (Å²) in [6.07, 6.45) is 2.18. The van der Waals surface area contributed by atoms with Crippen molar-refractivity contribution in [3.63, 3.8) is 0 Å². The number of carbonyl (C=O) groups excluding carboxylic acids is 1. The van der Waals surface area contributed by atoms with Gasteiger partial charge >= 0.3 is 0 Å². The fourth-order valence-electron chi connectivity index (χ4n) is 6.39. The summed E-state index contributed by atoms with van der Waals surface area (Å²) in [6, 6.07) is 16.6. The predicted molar refractivity (Wildman–Crippen MR) is 104 cm³/mol. The van der Waals surface area contributed by atoms with E-state index in [1.54, 1.807) is 0 Å². The van der Waals surface area contributed by atoms with Crippen molar-refractivity contribution < 1.29 is 9.53 Å². The summed E-state index contributed by atoms with van der Waals surface area (Å²) in [7, 11) is 0. The summed E-state index contributed by atoms with van der Waals surface area (Å²) >= 11 is 1.90. The second-order valence-corrected chi connectivity index (χ2v) is 10.5. The van der Waals surface area contributed by atoms with E-state index in [0.29, 0.717) is 11.7 Å². The number of rotatable bonds is 0. The molecule has 2 saturated carbocycles. The minimum atomic E-state index is -0.334. The molecule has 2 spiro atoms. The Bertz CT molecular complexity index is 948. The lowest BCUT2D eigenvalue weighted by atomic mass is 9.69. The van der Waals surface area contributed by atoms with E-state index < -0.39 is 0 Å². The van der Waals surface area contributed by atoms with Gasteiger partial charge in [-0.15, -0.1) is 11.8 Å². The zero-order valence-electron chi connectivity index (χ0n) is 15.3. The molecule has 3 heteroatoms. The Labute approximate surface area is 158 Å². The van der Waals surface area contributed by atoms with Crippen molar-refractivity contribution in [2.24, 2.45) is 16.7 Å². The van der Waals surface area contributed by atoms with Crippen molar-refractivity contribution in [1.29, 1.82) is 0 Å². The second kappa shape index (κ2) is 4.22. The fourth-order valence-corrected chi connectivity index (χ4v) is 8.71. The van der Waals surface area contributed by atoms with Crippen molar-refractivity contribution in [2.45, 2.75) is 43.1 Å². The van der Waals surface area contributed by atoms with Crippen LogP contribution in [0.4, 0.5) is 0 Å². The summed E-state index contributed by atoms with van der Waals surface area (Å²) < 4.78 is 5.61. The van der Waals surface area contributed by atoms with E-state index in [1.807, 2.05) is 36.0 Å². The van der Waals surface area contributed by atoms with Crippen molar-refractivity contribution >= 4 is 17.5 Å². The Morgan fingerprint density at radius 3 is 2.08 bits per heavy atom. The van der Waals surface area contributed by atoms with Crippen LogP contribution in [0.2, 0.25) is 0 Å². The molecular formula is C23H22O2S. The van der Waals surface area contributed by atoms with Crippen LogP contribution in [0, 0.1) is 16.7 Å². The lowest BCUT2D eigenvalue weighted by Gasteiger charge is -2.33. The van der Waals surface area contributed by atoms with Crippen LogP contribution >= 0.6 is 11.8 Å². The Hall–Kier alpha value is -1.74. The van der Waals surface area contributed by atoms with Crippen LogP contribution in [0.15, 0.2) is 48.5 Å². The van der Waals surface area contributed by atoms with Gasteiger partial charge in [-0.3, -0.25) is 4.79 Å². The van der Waals surface area contributed by atoms with Crippen LogP contribution in [-0.4, -0.2) is 10.5 Å². The standard InChI is InChI=1S/C23H22O2S/c1-20(2)18-12-13-21(20,3)19(24)23(18)22(26-23)14-8-4-6-10-16(14)25-17-11-7-5-9-15(17)22/h4-11,18H,12-13H2,1-3H3/t18-,21-,23+/m0/s1. The highest BCUT2D eigenvalue weighted by atomic mass is 32.2. The van der Waals surface area contributed by atoms with Gasteiger partial charge in [0.2, 0.25) is 0 Å². The predicted octanol–water partition coefficient (Wildman–Crippen LogP) is 5.55. The van der Waals surface area contributed by atoms with Crippen LogP contribution in [0.3, 0.4) is 0 Å². The topological polar surface area (TPSA) is 26.3 Å². The van der Waals surface area contributed by atoms with E-state index in [-0.39, 0.29) is 20.3 Å². The number of benzene rings is 2. The molecule has 4 aliphatic rings. The average molecular weight is 362 g/mol. The quantitative estimate of drug-likeness (QED) is 0.575. The van der Waals surface area contributed by atoms with Gasteiger partial charge in [0.25, 0.3) is 0 Å². The minimum absolute atomic E-state index is 0.0444. The van der Waals surface area contributed by atoms with Crippen molar-refractivity contribution in [3.8, 4) is 11.5 Å². The molecule has 2 aromatic rings. The Morgan fingerprint density at radius 1 is 0.962 bits per heavy atom.